The van der Waals surface area contributed by atoms with Crippen LogP contribution in [0.4, 0.5) is 0 Å². The molecule has 1 unspecified atom stereocenters. The summed E-state index contributed by atoms with van der Waals surface area (Å²) in [7, 11) is 0. The molecule has 0 fully saturated rings. The SMILES string of the molecule is CCOc1cc(C2c3c(-c4cc(Cl)c(C)cc4O)n[nH]c3C(=O)N2CCO)ccc1O. The van der Waals surface area contributed by atoms with E-state index < -0.39 is 6.04 Å². The molecule has 1 atom stereocenters. The summed E-state index contributed by atoms with van der Waals surface area (Å²) in [5.41, 5.74) is 2.99. The van der Waals surface area contributed by atoms with Gasteiger partial charge in [-0.1, -0.05) is 17.7 Å². The van der Waals surface area contributed by atoms with Crippen molar-refractivity contribution < 1.29 is 24.9 Å². The van der Waals surface area contributed by atoms with Gasteiger partial charge in [0.1, 0.15) is 17.1 Å². The van der Waals surface area contributed by atoms with Gasteiger partial charge in [0.25, 0.3) is 5.91 Å². The van der Waals surface area contributed by atoms with Crippen LogP contribution in [-0.2, 0) is 0 Å². The predicted octanol–water partition coefficient (Wildman–Crippen LogP) is 3.39. The maximum Gasteiger partial charge on any atom is 0.273 e. The van der Waals surface area contributed by atoms with Crippen molar-refractivity contribution in [3.63, 3.8) is 0 Å². The van der Waals surface area contributed by atoms with Gasteiger partial charge in [0.05, 0.1) is 19.3 Å². The van der Waals surface area contributed by atoms with Crippen molar-refractivity contribution in [3.8, 4) is 28.5 Å². The molecule has 162 valence electrons. The molecule has 0 radical (unpaired) electrons. The molecule has 0 aliphatic carbocycles. The van der Waals surface area contributed by atoms with E-state index in [0.29, 0.717) is 39.6 Å². The van der Waals surface area contributed by atoms with Crippen LogP contribution in [0.25, 0.3) is 11.3 Å². The Morgan fingerprint density at radius 1 is 1.23 bits per heavy atom. The minimum absolute atomic E-state index is 0.0104. The van der Waals surface area contributed by atoms with Crippen LogP contribution in [0.1, 0.15) is 40.1 Å². The lowest BCUT2D eigenvalue weighted by molar-refractivity contribution is 0.0706. The third-order valence-electron chi connectivity index (χ3n) is 5.34. The van der Waals surface area contributed by atoms with Crippen LogP contribution in [0.15, 0.2) is 30.3 Å². The van der Waals surface area contributed by atoms with E-state index in [4.69, 9.17) is 16.3 Å². The Labute approximate surface area is 183 Å². The number of ether oxygens (including phenoxy) is 1. The fourth-order valence-corrected chi connectivity index (χ4v) is 4.08. The highest BCUT2D eigenvalue weighted by molar-refractivity contribution is 6.31. The van der Waals surface area contributed by atoms with E-state index in [1.165, 1.54) is 11.0 Å². The molecule has 0 saturated carbocycles. The first kappa shape index (κ1) is 21.0. The van der Waals surface area contributed by atoms with Gasteiger partial charge in [-0.05, 0) is 49.2 Å². The van der Waals surface area contributed by atoms with Gasteiger partial charge in [0.2, 0.25) is 0 Å². The first-order valence-electron chi connectivity index (χ1n) is 9.82. The molecule has 2 aromatic carbocycles. The number of aliphatic hydroxyl groups is 1. The van der Waals surface area contributed by atoms with Crippen LogP contribution in [-0.4, -0.2) is 56.1 Å². The molecule has 31 heavy (non-hydrogen) atoms. The van der Waals surface area contributed by atoms with Gasteiger partial charge in [0, 0.05) is 22.7 Å². The zero-order chi connectivity index (χ0) is 22.3. The number of aliphatic hydroxyl groups excluding tert-OH is 1. The molecule has 1 aliphatic heterocycles. The highest BCUT2D eigenvalue weighted by Gasteiger charge is 2.42. The molecule has 1 amide bonds. The molecule has 0 saturated heterocycles. The fourth-order valence-electron chi connectivity index (χ4n) is 3.91. The van der Waals surface area contributed by atoms with Crippen molar-refractivity contribution in [2.45, 2.75) is 19.9 Å². The zero-order valence-electron chi connectivity index (χ0n) is 17.0. The third kappa shape index (κ3) is 3.47. The number of aromatic amines is 1. The average Bonchev–Trinajstić information content (AvgIpc) is 3.27. The summed E-state index contributed by atoms with van der Waals surface area (Å²) >= 11 is 6.28. The van der Waals surface area contributed by atoms with Crippen molar-refractivity contribution in [1.29, 1.82) is 0 Å². The molecule has 2 heterocycles. The van der Waals surface area contributed by atoms with Crippen molar-refractivity contribution in [3.05, 3.63) is 57.7 Å². The Hall–Kier alpha value is -3.23. The molecule has 4 N–H and O–H groups in total. The normalized spacial score (nSPS) is 15.4. The predicted molar refractivity (Wildman–Crippen MR) is 115 cm³/mol. The van der Waals surface area contributed by atoms with E-state index in [0.717, 1.165) is 0 Å². The van der Waals surface area contributed by atoms with Crippen LogP contribution in [0.5, 0.6) is 17.2 Å². The number of halogens is 1. The molecule has 9 heteroatoms. The van der Waals surface area contributed by atoms with E-state index in [1.807, 2.05) is 0 Å². The quantitative estimate of drug-likeness (QED) is 0.463. The summed E-state index contributed by atoms with van der Waals surface area (Å²) in [5.74, 6) is -0.0596. The molecule has 3 aromatic rings. The number of β-amino-alcohol motifs (C(OH)–C–C–N with tert-alkyl or cyclic N) is 1. The number of nitrogens with zero attached hydrogens (tertiary/aromatic N) is 2. The van der Waals surface area contributed by atoms with Crippen LogP contribution in [0, 0.1) is 6.92 Å². The highest BCUT2D eigenvalue weighted by Crippen LogP contribution is 2.46. The van der Waals surface area contributed by atoms with Crippen molar-refractivity contribution in [1.82, 2.24) is 15.1 Å². The Morgan fingerprint density at radius 2 is 2.00 bits per heavy atom. The lowest BCUT2D eigenvalue weighted by Crippen LogP contribution is -2.32. The number of phenols is 2. The Balaban J connectivity index is 1.92. The summed E-state index contributed by atoms with van der Waals surface area (Å²) in [4.78, 5) is 14.6. The van der Waals surface area contributed by atoms with Crippen molar-refractivity contribution in [2.24, 2.45) is 0 Å². The summed E-state index contributed by atoms with van der Waals surface area (Å²) < 4.78 is 5.51. The Bertz CT molecular complexity index is 1160. The topological polar surface area (TPSA) is 119 Å². The third-order valence-corrected chi connectivity index (χ3v) is 5.74. The second kappa shape index (κ2) is 8.13. The molecule has 0 spiro atoms. The number of H-pyrrole nitrogens is 1. The minimum Gasteiger partial charge on any atom is -0.507 e. The van der Waals surface area contributed by atoms with E-state index in [-0.39, 0.29) is 42.0 Å². The first-order chi connectivity index (χ1) is 14.9. The summed E-state index contributed by atoms with van der Waals surface area (Å²) in [5, 5.41) is 37.8. The van der Waals surface area contributed by atoms with E-state index in [1.54, 1.807) is 38.1 Å². The Morgan fingerprint density at radius 3 is 2.71 bits per heavy atom. The average molecular weight is 444 g/mol. The monoisotopic (exact) mass is 443 g/mol. The number of fused-ring (bicyclic) bond motifs is 1. The van der Waals surface area contributed by atoms with E-state index >= 15 is 0 Å². The zero-order valence-corrected chi connectivity index (χ0v) is 17.8. The van der Waals surface area contributed by atoms with Crippen LogP contribution >= 0.6 is 11.6 Å². The number of aromatic nitrogens is 2. The van der Waals surface area contributed by atoms with Gasteiger partial charge in [-0.2, -0.15) is 5.10 Å². The molecule has 8 nitrogen and oxygen atoms in total. The van der Waals surface area contributed by atoms with Crippen LogP contribution in [0.2, 0.25) is 5.02 Å². The summed E-state index contributed by atoms with van der Waals surface area (Å²) in [6, 6.07) is 7.40. The molecule has 4 rings (SSSR count). The van der Waals surface area contributed by atoms with Gasteiger partial charge in [0.15, 0.2) is 11.5 Å². The highest BCUT2D eigenvalue weighted by atomic mass is 35.5. The second-order valence-corrected chi connectivity index (χ2v) is 7.67. The number of hydrogen-bond donors (Lipinski definition) is 4. The standard InChI is InChI=1S/C22H22ClN3O5/c1-3-31-17-9-12(4-5-15(17)28)21-18-19(13-10-14(23)11(2)8-16(13)29)24-25-20(18)22(30)26(21)6-7-27/h4-5,8-10,21,27-29H,3,6-7H2,1-2H3,(H,24,25). The first-order valence-corrected chi connectivity index (χ1v) is 10.2. The van der Waals surface area contributed by atoms with Crippen LogP contribution in [0.3, 0.4) is 0 Å². The van der Waals surface area contributed by atoms with Gasteiger partial charge < -0.3 is 25.0 Å². The summed E-state index contributed by atoms with van der Waals surface area (Å²) in [6.07, 6.45) is 0. The number of aromatic hydroxyl groups is 2. The Kier molecular flexibility index (Phi) is 5.51. The molecule has 1 aliphatic rings. The largest absolute Gasteiger partial charge is 0.507 e. The lowest BCUT2D eigenvalue weighted by atomic mass is 9.95. The number of aryl methyl sites for hydroxylation is 1. The number of amides is 1. The number of rotatable bonds is 6. The summed E-state index contributed by atoms with van der Waals surface area (Å²) in [6.45, 7) is 3.81. The van der Waals surface area contributed by atoms with Crippen LogP contribution < -0.4 is 4.74 Å². The maximum atomic E-state index is 13.1. The second-order valence-electron chi connectivity index (χ2n) is 7.26. The van der Waals surface area contributed by atoms with Crippen molar-refractivity contribution >= 4 is 17.5 Å². The number of carbonyl (C=O) groups is 1. The number of phenolic OH excluding ortho intramolecular Hbond substituents is 2. The van der Waals surface area contributed by atoms with Crippen molar-refractivity contribution in [2.75, 3.05) is 19.8 Å². The number of benzene rings is 2. The number of hydrogen-bond acceptors (Lipinski definition) is 6. The fraction of sp³-hybridized carbons (Fsp3) is 0.273. The van der Waals surface area contributed by atoms with Gasteiger partial charge in [-0.25, -0.2) is 0 Å². The smallest absolute Gasteiger partial charge is 0.273 e. The maximum absolute atomic E-state index is 13.1. The van der Waals surface area contributed by atoms with Gasteiger partial charge >= 0.3 is 0 Å². The number of carbonyl (C=O) groups excluding carboxylic acids is 1. The molecular formula is C22H22ClN3O5. The lowest BCUT2D eigenvalue weighted by Gasteiger charge is -2.26. The van der Waals surface area contributed by atoms with E-state index in [9.17, 15) is 20.1 Å². The molecule has 0 bridgehead atoms. The van der Waals surface area contributed by atoms with E-state index in [2.05, 4.69) is 10.2 Å². The van der Waals surface area contributed by atoms with Gasteiger partial charge in [-0.15, -0.1) is 0 Å². The van der Waals surface area contributed by atoms with Gasteiger partial charge in [-0.3, -0.25) is 9.89 Å². The molecule has 1 aromatic heterocycles. The molecular weight excluding hydrogens is 422 g/mol. The minimum atomic E-state index is -0.609. The number of nitrogens with one attached hydrogen (secondary N) is 1.